The van der Waals surface area contributed by atoms with Crippen molar-refractivity contribution >= 4 is 17.0 Å². The number of benzene rings is 1. The number of hydrogen-bond donors (Lipinski definition) is 0. The molecule has 3 heteroatoms. The van der Waals surface area contributed by atoms with Crippen molar-refractivity contribution < 1.29 is 0 Å². The smallest absolute Gasteiger partial charge is 0.144 e. The fourth-order valence-corrected chi connectivity index (χ4v) is 1.87. The van der Waals surface area contributed by atoms with Crippen LogP contribution >= 0.6 is 11.3 Å². The first-order valence-corrected chi connectivity index (χ1v) is 4.77. The summed E-state index contributed by atoms with van der Waals surface area (Å²) < 4.78 is 0. The van der Waals surface area contributed by atoms with Crippen molar-refractivity contribution in [3.63, 3.8) is 0 Å². The van der Waals surface area contributed by atoms with Crippen LogP contribution in [0.3, 0.4) is 0 Å². The molecule has 2 rings (SSSR count). The second kappa shape index (κ2) is 3.38. The molecule has 0 fully saturated rings. The Kier molecular flexibility index (Phi) is 2.07. The van der Waals surface area contributed by atoms with Gasteiger partial charge in [-0.15, -0.1) is 11.3 Å². The normalized spacial score (nSPS) is 9.46. The van der Waals surface area contributed by atoms with Gasteiger partial charge in [-0.3, -0.25) is 0 Å². The van der Waals surface area contributed by atoms with Gasteiger partial charge in [0.1, 0.15) is 0 Å². The van der Waals surface area contributed by atoms with Crippen LogP contribution in [0.4, 0.5) is 5.69 Å². The molecule has 0 aliphatic heterocycles. The molecule has 2 nitrogen and oxygen atoms in total. The zero-order chi connectivity index (χ0) is 9.10. The molecule has 0 amide bonds. The van der Waals surface area contributed by atoms with Gasteiger partial charge in [0, 0.05) is 17.0 Å². The highest BCUT2D eigenvalue weighted by atomic mass is 32.1. The summed E-state index contributed by atoms with van der Waals surface area (Å²) >= 11 is 1.70. The Morgan fingerprint density at radius 1 is 1.08 bits per heavy atom. The number of nitrogens with zero attached hydrogens (tertiary/aromatic N) is 2. The first kappa shape index (κ1) is 7.96. The van der Waals surface area contributed by atoms with E-state index in [1.54, 1.807) is 23.5 Å². The summed E-state index contributed by atoms with van der Waals surface area (Å²) in [6.45, 7) is 0. The van der Waals surface area contributed by atoms with Crippen LogP contribution in [0.1, 0.15) is 0 Å². The summed E-state index contributed by atoms with van der Waals surface area (Å²) in [4.78, 5) is 4.32. The lowest BCUT2D eigenvalue weighted by Gasteiger charge is -1.92. The Bertz CT molecular complexity index is 423. The highest BCUT2D eigenvalue weighted by molar-refractivity contribution is 7.13. The van der Waals surface area contributed by atoms with Crippen molar-refractivity contribution in [3.8, 4) is 10.4 Å². The van der Waals surface area contributed by atoms with E-state index < -0.39 is 0 Å². The molecule has 1 aromatic carbocycles. The molecule has 0 spiro atoms. The van der Waals surface area contributed by atoms with E-state index in [1.807, 2.05) is 23.6 Å². The monoisotopic (exact) mass is 187 g/mol. The molecule has 0 saturated carbocycles. The van der Waals surface area contributed by atoms with Gasteiger partial charge in [-0.25, -0.2) is 0 Å². The van der Waals surface area contributed by atoms with Gasteiger partial charge in [0.15, 0.2) is 4.98 Å². The van der Waals surface area contributed by atoms with Gasteiger partial charge < -0.3 is 0 Å². The van der Waals surface area contributed by atoms with Gasteiger partial charge in [0.2, 0.25) is 5.39 Å². The second-order valence-electron chi connectivity index (χ2n) is 2.62. The Balaban J connectivity index is 2.40. The summed E-state index contributed by atoms with van der Waals surface area (Å²) in [5.41, 5.74) is 1.74. The van der Waals surface area contributed by atoms with Gasteiger partial charge in [-0.1, -0.05) is 6.07 Å². The predicted octanol–water partition coefficient (Wildman–Crippen LogP) is 3.90. The summed E-state index contributed by atoms with van der Waals surface area (Å²) in [7, 11) is 0. The molecule has 0 aliphatic rings. The third-order valence-corrected chi connectivity index (χ3v) is 2.71. The SMILES string of the molecule is N#[N+]c1ccc(-c2cccs2)cc1. The first-order chi connectivity index (χ1) is 6.40. The van der Waals surface area contributed by atoms with Crippen LogP contribution in [0.2, 0.25) is 0 Å². The van der Waals surface area contributed by atoms with Gasteiger partial charge in [0.05, 0.1) is 0 Å². The predicted molar refractivity (Wildman–Crippen MR) is 54.5 cm³/mol. The molecule has 0 saturated heterocycles. The molecule has 13 heavy (non-hydrogen) atoms. The molecule has 0 N–H and O–H groups in total. The lowest BCUT2D eigenvalue weighted by atomic mass is 10.2. The Hall–Kier alpha value is -1.66. The molecule has 1 aromatic heterocycles. The zero-order valence-corrected chi connectivity index (χ0v) is 7.66. The Morgan fingerprint density at radius 2 is 1.85 bits per heavy atom. The van der Waals surface area contributed by atoms with Crippen molar-refractivity contribution in [3.05, 3.63) is 46.8 Å². The van der Waals surface area contributed by atoms with E-state index in [0.717, 1.165) is 5.56 Å². The van der Waals surface area contributed by atoms with Crippen LogP contribution in [-0.4, -0.2) is 0 Å². The van der Waals surface area contributed by atoms with Gasteiger partial charge >= 0.3 is 5.69 Å². The van der Waals surface area contributed by atoms with Crippen LogP contribution in [0.5, 0.6) is 0 Å². The van der Waals surface area contributed by atoms with E-state index in [1.165, 1.54) is 4.88 Å². The molecule has 1 heterocycles. The fraction of sp³-hybridized carbons (Fsp3) is 0. The quantitative estimate of drug-likeness (QED) is 0.622. The summed E-state index contributed by atoms with van der Waals surface area (Å²) in [6, 6.07) is 11.5. The summed E-state index contributed by atoms with van der Waals surface area (Å²) in [6.07, 6.45) is 0. The van der Waals surface area contributed by atoms with Gasteiger partial charge in [-0.2, -0.15) is 0 Å². The summed E-state index contributed by atoms with van der Waals surface area (Å²) in [5, 5.41) is 10.5. The molecule has 0 aliphatic carbocycles. The number of hydrogen-bond acceptors (Lipinski definition) is 2. The van der Waals surface area contributed by atoms with E-state index in [0.29, 0.717) is 5.69 Å². The maximum Gasteiger partial charge on any atom is 0.385 e. The maximum atomic E-state index is 8.49. The number of rotatable bonds is 1. The minimum Gasteiger partial charge on any atom is -0.144 e. The van der Waals surface area contributed by atoms with Crippen molar-refractivity contribution in [2.75, 3.05) is 0 Å². The van der Waals surface area contributed by atoms with E-state index >= 15 is 0 Å². The van der Waals surface area contributed by atoms with E-state index in [4.69, 9.17) is 5.39 Å². The molecule has 2 aromatic rings. The third-order valence-electron chi connectivity index (χ3n) is 1.79. The van der Waals surface area contributed by atoms with Crippen molar-refractivity contribution in [2.24, 2.45) is 0 Å². The third kappa shape index (κ3) is 1.58. The van der Waals surface area contributed by atoms with Gasteiger partial charge in [0.25, 0.3) is 0 Å². The molecular weight excluding hydrogens is 180 g/mol. The Morgan fingerprint density at radius 3 is 2.38 bits per heavy atom. The first-order valence-electron chi connectivity index (χ1n) is 3.89. The number of diazo groups is 1. The Labute approximate surface area is 80.1 Å². The lowest BCUT2D eigenvalue weighted by molar-refractivity contribution is 1.46. The average Bonchev–Trinajstić information content (AvgIpc) is 2.71. The molecule has 0 bridgehead atoms. The topological polar surface area (TPSA) is 28.1 Å². The second-order valence-corrected chi connectivity index (χ2v) is 3.57. The zero-order valence-electron chi connectivity index (χ0n) is 6.84. The van der Waals surface area contributed by atoms with Crippen LogP contribution in [0, 0.1) is 5.39 Å². The van der Waals surface area contributed by atoms with Crippen molar-refractivity contribution in [2.45, 2.75) is 0 Å². The maximum absolute atomic E-state index is 8.49. The van der Waals surface area contributed by atoms with Crippen LogP contribution in [-0.2, 0) is 0 Å². The molecule has 62 valence electrons. The lowest BCUT2D eigenvalue weighted by Crippen LogP contribution is -1.68. The van der Waals surface area contributed by atoms with Crippen LogP contribution in [0.15, 0.2) is 41.8 Å². The van der Waals surface area contributed by atoms with Crippen LogP contribution < -0.4 is 0 Å². The minimum atomic E-state index is 0.584. The molecular formula is C10H7N2S+. The highest BCUT2D eigenvalue weighted by Crippen LogP contribution is 2.26. The van der Waals surface area contributed by atoms with Crippen LogP contribution in [0.25, 0.3) is 15.4 Å². The minimum absolute atomic E-state index is 0.584. The highest BCUT2D eigenvalue weighted by Gasteiger charge is 2.03. The van der Waals surface area contributed by atoms with E-state index in [9.17, 15) is 0 Å². The number of thiophene rings is 1. The van der Waals surface area contributed by atoms with Crippen molar-refractivity contribution in [1.82, 2.24) is 0 Å². The average molecular weight is 187 g/mol. The van der Waals surface area contributed by atoms with Gasteiger partial charge in [-0.05, 0) is 29.1 Å². The fourth-order valence-electron chi connectivity index (χ4n) is 1.14. The molecule has 0 unspecified atom stereocenters. The molecule has 0 atom stereocenters. The standard InChI is InChI=1S/C10H7N2S/c11-12-9-5-3-8(4-6-9)10-2-1-7-13-10/h1-7H/q+1. The van der Waals surface area contributed by atoms with E-state index in [-0.39, 0.29) is 0 Å². The van der Waals surface area contributed by atoms with E-state index in [2.05, 4.69) is 11.0 Å². The van der Waals surface area contributed by atoms with Crippen molar-refractivity contribution in [1.29, 1.82) is 5.39 Å². The largest absolute Gasteiger partial charge is 0.385 e. The molecule has 0 radical (unpaired) electrons. The summed E-state index contributed by atoms with van der Waals surface area (Å²) in [5.74, 6) is 0.